The molecule has 4 heteroatoms. The quantitative estimate of drug-likeness (QED) is 0.684. The molecule has 0 radical (unpaired) electrons. The van der Waals surface area contributed by atoms with Crippen molar-refractivity contribution in [3.63, 3.8) is 0 Å². The van der Waals surface area contributed by atoms with Crippen LogP contribution < -0.4 is 0 Å². The number of nitrogens with zero attached hydrogens (tertiary/aromatic N) is 2. The number of ether oxygens (including phenoxy) is 1. The van der Waals surface area contributed by atoms with Gasteiger partial charge in [-0.05, 0) is 13.3 Å². The Bertz CT molecular complexity index is 240. The zero-order valence-corrected chi connectivity index (χ0v) is 9.12. The molecule has 1 aliphatic rings. The Balaban J connectivity index is 2.76. The third kappa shape index (κ3) is 2.07. The van der Waals surface area contributed by atoms with Gasteiger partial charge in [0.15, 0.2) is 0 Å². The van der Waals surface area contributed by atoms with Crippen LogP contribution >= 0.6 is 0 Å². The van der Waals surface area contributed by atoms with E-state index in [1.807, 2.05) is 6.92 Å². The largest absolute Gasteiger partial charge is 0.383 e. The second kappa shape index (κ2) is 4.46. The molecule has 1 aliphatic heterocycles. The van der Waals surface area contributed by atoms with E-state index >= 15 is 0 Å². The number of allylic oxidation sites excluding steroid dienone is 1. The Morgan fingerprint density at radius 3 is 2.86 bits per heavy atom. The summed E-state index contributed by atoms with van der Waals surface area (Å²) >= 11 is 0. The number of carbonyl (C=O) groups is 1. The molecule has 2 amide bonds. The van der Waals surface area contributed by atoms with Crippen LogP contribution in [0, 0.1) is 0 Å². The third-order valence-electron chi connectivity index (χ3n) is 2.47. The average molecular weight is 198 g/mol. The molecule has 80 valence electrons. The second-order valence-corrected chi connectivity index (χ2v) is 3.71. The van der Waals surface area contributed by atoms with Gasteiger partial charge in [-0.15, -0.1) is 0 Å². The first-order valence-corrected chi connectivity index (χ1v) is 4.76. The zero-order chi connectivity index (χ0) is 10.7. The minimum Gasteiger partial charge on any atom is -0.383 e. The van der Waals surface area contributed by atoms with Crippen LogP contribution in [0.2, 0.25) is 0 Å². The number of carbonyl (C=O) groups excluding carboxylic acids is 1. The number of methoxy groups -OCH3 is 1. The van der Waals surface area contributed by atoms with Crippen molar-refractivity contribution in [3.05, 3.63) is 12.3 Å². The summed E-state index contributed by atoms with van der Waals surface area (Å²) in [6.07, 6.45) is 0.933. The van der Waals surface area contributed by atoms with E-state index in [2.05, 4.69) is 6.58 Å². The summed E-state index contributed by atoms with van der Waals surface area (Å²) in [5.74, 6) is 0. The van der Waals surface area contributed by atoms with E-state index in [1.165, 1.54) is 0 Å². The fourth-order valence-corrected chi connectivity index (χ4v) is 1.73. The molecule has 0 spiro atoms. The van der Waals surface area contributed by atoms with Gasteiger partial charge < -0.3 is 9.64 Å². The van der Waals surface area contributed by atoms with Gasteiger partial charge in [-0.3, -0.25) is 4.90 Å². The van der Waals surface area contributed by atoms with Gasteiger partial charge in [0.1, 0.15) is 0 Å². The minimum absolute atomic E-state index is 0.0193. The molecule has 0 aromatic heterocycles. The van der Waals surface area contributed by atoms with E-state index in [9.17, 15) is 4.79 Å². The highest BCUT2D eigenvalue weighted by Gasteiger charge is 2.31. The predicted octanol–water partition coefficient (Wildman–Crippen LogP) is 1.29. The summed E-state index contributed by atoms with van der Waals surface area (Å²) in [5, 5.41) is 0. The number of hydrogen-bond donors (Lipinski definition) is 0. The second-order valence-electron chi connectivity index (χ2n) is 3.71. The molecule has 1 atom stereocenters. The van der Waals surface area contributed by atoms with E-state index in [1.54, 1.807) is 24.0 Å². The lowest BCUT2D eigenvalue weighted by Crippen LogP contribution is -2.53. The summed E-state index contributed by atoms with van der Waals surface area (Å²) < 4.78 is 5.09. The Morgan fingerprint density at radius 1 is 1.71 bits per heavy atom. The highest BCUT2D eigenvalue weighted by molar-refractivity contribution is 5.77. The molecule has 0 saturated carbocycles. The minimum atomic E-state index is 0.0193. The van der Waals surface area contributed by atoms with Crippen molar-refractivity contribution in [2.45, 2.75) is 19.4 Å². The van der Waals surface area contributed by atoms with Gasteiger partial charge in [0.25, 0.3) is 0 Å². The molecule has 0 aromatic carbocycles. The summed E-state index contributed by atoms with van der Waals surface area (Å²) in [6, 6.07) is 0.159. The fraction of sp³-hybridized carbons (Fsp3) is 0.700. The van der Waals surface area contributed by atoms with Gasteiger partial charge in [0.05, 0.1) is 12.6 Å². The van der Waals surface area contributed by atoms with Crippen LogP contribution in [0.25, 0.3) is 0 Å². The molecule has 14 heavy (non-hydrogen) atoms. The molecular weight excluding hydrogens is 180 g/mol. The van der Waals surface area contributed by atoms with Crippen molar-refractivity contribution < 1.29 is 9.53 Å². The molecule has 0 bridgehead atoms. The number of rotatable bonds is 3. The van der Waals surface area contributed by atoms with Crippen LogP contribution in [-0.2, 0) is 4.74 Å². The van der Waals surface area contributed by atoms with Crippen molar-refractivity contribution in [2.75, 3.05) is 27.3 Å². The van der Waals surface area contributed by atoms with Crippen LogP contribution in [0.4, 0.5) is 4.79 Å². The lowest BCUT2D eigenvalue weighted by Gasteiger charge is -2.39. The monoisotopic (exact) mass is 198 g/mol. The summed E-state index contributed by atoms with van der Waals surface area (Å²) in [5.41, 5.74) is 0.781. The van der Waals surface area contributed by atoms with E-state index < -0.39 is 0 Å². The molecule has 0 aromatic rings. The Labute approximate surface area is 85.1 Å². The number of hydrogen-bond acceptors (Lipinski definition) is 2. The molecule has 1 heterocycles. The Kier molecular flexibility index (Phi) is 3.52. The van der Waals surface area contributed by atoms with Crippen molar-refractivity contribution in [1.82, 2.24) is 9.80 Å². The van der Waals surface area contributed by atoms with Crippen molar-refractivity contribution in [3.8, 4) is 0 Å². The molecule has 0 N–H and O–H groups in total. The molecule has 1 saturated heterocycles. The molecule has 0 aliphatic carbocycles. The van der Waals surface area contributed by atoms with Gasteiger partial charge >= 0.3 is 6.03 Å². The zero-order valence-electron chi connectivity index (χ0n) is 9.12. The van der Waals surface area contributed by atoms with Gasteiger partial charge in [-0.25, -0.2) is 4.79 Å². The van der Waals surface area contributed by atoms with Crippen LogP contribution in [0.1, 0.15) is 13.3 Å². The highest BCUT2D eigenvalue weighted by Crippen LogP contribution is 2.19. The number of urea groups is 1. The smallest absolute Gasteiger partial charge is 0.324 e. The first kappa shape index (κ1) is 11.0. The fourth-order valence-electron chi connectivity index (χ4n) is 1.73. The van der Waals surface area contributed by atoms with Gasteiger partial charge in [-0.2, -0.15) is 0 Å². The summed E-state index contributed by atoms with van der Waals surface area (Å²) in [6.45, 7) is 7.03. The van der Waals surface area contributed by atoms with Crippen LogP contribution in [0.3, 0.4) is 0 Å². The van der Waals surface area contributed by atoms with E-state index in [0.717, 1.165) is 18.7 Å². The SMILES string of the molecule is C=C(C)N1C(=O)N(C)CC[C@@H]1COC. The lowest BCUT2D eigenvalue weighted by molar-refractivity contribution is 0.0778. The van der Waals surface area contributed by atoms with Gasteiger partial charge in [-0.1, -0.05) is 6.58 Å². The molecule has 4 nitrogen and oxygen atoms in total. The van der Waals surface area contributed by atoms with Crippen LogP contribution in [0.15, 0.2) is 12.3 Å². The average Bonchev–Trinajstić information content (AvgIpc) is 2.11. The Morgan fingerprint density at radius 2 is 2.36 bits per heavy atom. The molecule has 1 fully saturated rings. The number of amides is 2. The molecular formula is C10H18N2O2. The van der Waals surface area contributed by atoms with Crippen LogP contribution in [-0.4, -0.2) is 49.2 Å². The van der Waals surface area contributed by atoms with Gasteiger partial charge in [0, 0.05) is 26.4 Å². The maximum Gasteiger partial charge on any atom is 0.324 e. The topological polar surface area (TPSA) is 32.8 Å². The standard InChI is InChI=1S/C10H18N2O2/c1-8(2)12-9(7-14-4)5-6-11(3)10(12)13/h9H,1,5-7H2,2-4H3/t9-/m1/s1. The first-order chi connectivity index (χ1) is 6.57. The predicted molar refractivity (Wildman–Crippen MR) is 55.0 cm³/mol. The highest BCUT2D eigenvalue weighted by atomic mass is 16.5. The normalized spacial score (nSPS) is 22.8. The first-order valence-electron chi connectivity index (χ1n) is 4.76. The maximum atomic E-state index is 11.8. The van der Waals surface area contributed by atoms with Crippen LogP contribution in [0.5, 0.6) is 0 Å². The molecule has 0 unspecified atom stereocenters. The Hall–Kier alpha value is -1.03. The summed E-state index contributed by atoms with van der Waals surface area (Å²) in [7, 11) is 3.46. The molecule has 1 rings (SSSR count). The van der Waals surface area contributed by atoms with Gasteiger partial charge in [0.2, 0.25) is 0 Å². The van der Waals surface area contributed by atoms with E-state index in [0.29, 0.717) is 6.61 Å². The van der Waals surface area contributed by atoms with Crippen molar-refractivity contribution >= 4 is 6.03 Å². The maximum absolute atomic E-state index is 11.8. The van der Waals surface area contributed by atoms with Crippen molar-refractivity contribution in [2.24, 2.45) is 0 Å². The van der Waals surface area contributed by atoms with E-state index in [4.69, 9.17) is 4.74 Å². The van der Waals surface area contributed by atoms with E-state index in [-0.39, 0.29) is 12.1 Å². The third-order valence-corrected chi connectivity index (χ3v) is 2.47. The summed E-state index contributed by atoms with van der Waals surface area (Å²) in [4.78, 5) is 15.2. The lowest BCUT2D eigenvalue weighted by atomic mass is 10.1. The van der Waals surface area contributed by atoms with Crippen molar-refractivity contribution in [1.29, 1.82) is 0 Å².